The molecule has 2 N–H and O–H groups in total. The number of benzene rings is 2. The summed E-state index contributed by atoms with van der Waals surface area (Å²) in [5.74, 6) is -1.50. The molecule has 0 fully saturated rings. The Labute approximate surface area is 183 Å². The number of nitrogens with one attached hydrogen (secondary N) is 1. The van der Waals surface area contributed by atoms with Crippen molar-refractivity contribution in [1.82, 2.24) is 14.8 Å². The highest BCUT2D eigenvalue weighted by atomic mass is 32.2. The number of amides is 1. The number of nitrogens with zero attached hydrogens (tertiary/aromatic N) is 3. The summed E-state index contributed by atoms with van der Waals surface area (Å²) in [6.45, 7) is 1.88. The van der Waals surface area contributed by atoms with Crippen LogP contribution in [-0.4, -0.2) is 45.9 Å². The molecule has 0 bridgehead atoms. The van der Waals surface area contributed by atoms with Crippen LogP contribution in [0, 0.1) is 6.92 Å². The molecule has 0 saturated carbocycles. The van der Waals surface area contributed by atoms with E-state index in [0.29, 0.717) is 10.8 Å². The minimum atomic E-state index is -3.58. The van der Waals surface area contributed by atoms with E-state index < -0.39 is 15.8 Å². The predicted molar refractivity (Wildman–Crippen MR) is 116 cm³/mol. The molecule has 3 rings (SSSR count). The van der Waals surface area contributed by atoms with E-state index in [4.69, 9.17) is 5.11 Å². The van der Waals surface area contributed by atoms with Crippen LogP contribution in [0.5, 0.6) is 0 Å². The maximum Gasteiger partial charge on any atom is 0.335 e. The minimum Gasteiger partial charge on any atom is -0.478 e. The largest absolute Gasteiger partial charge is 0.478 e. The monoisotopic (exact) mass is 460 g/mol. The molecule has 1 aromatic heterocycles. The van der Waals surface area contributed by atoms with Crippen molar-refractivity contribution in [3.05, 3.63) is 65.5 Å². The van der Waals surface area contributed by atoms with Crippen LogP contribution < -0.4 is 5.32 Å². The number of anilines is 1. The lowest BCUT2D eigenvalue weighted by atomic mass is 10.2. The van der Waals surface area contributed by atoms with Crippen molar-refractivity contribution in [2.45, 2.75) is 22.7 Å². The zero-order valence-electron chi connectivity index (χ0n) is 16.8. The highest BCUT2D eigenvalue weighted by Gasteiger charge is 2.20. The number of aromatic nitrogens is 3. The van der Waals surface area contributed by atoms with Gasteiger partial charge in [0, 0.05) is 12.7 Å². The molecule has 0 saturated heterocycles. The third-order valence-electron chi connectivity index (χ3n) is 4.35. The maximum atomic E-state index is 12.6. The lowest BCUT2D eigenvalue weighted by Gasteiger charge is -2.07. The summed E-state index contributed by atoms with van der Waals surface area (Å²) in [5.41, 5.74) is 1.40. The van der Waals surface area contributed by atoms with Gasteiger partial charge < -0.3 is 15.0 Å². The molecule has 11 heteroatoms. The van der Waals surface area contributed by atoms with Crippen LogP contribution in [0.4, 0.5) is 5.69 Å². The molecule has 0 radical (unpaired) electrons. The van der Waals surface area contributed by atoms with Gasteiger partial charge in [0.2, 0.25) is 5.91 Å². The van der Waals surface area contributed by atoms with Gasteiger partial charge >= 0.3 is 5.97 Å². The average molecular weight is 461 g/mol. The average Bonchev–Trinajstić information content (AvgIpc) is 3.06. The lowest BCUT2D eigenvalue weighted by Crippen LogP contribution is -2.15. The Morgan fingerprint density at radius 3 is 2.52 bits per heavy atom. The van der Waals surface area contributed by atoms with Crippen molar-refractivity contribution in [2.75, 3.05) is 11.1 Å². The highest BCUT2D eigenvalue weighted by molar-refractivity contribution is 7.99. The zero-order chi connectivity index (χ0) is 22.6. The molecule has 0 atom stereocenters. The summed E-state index contributed by atoms with van der Waals surface area (Å²) in [7, 11) is -1.95. The second-order valence-corrected chi connectivity index (χ2v) is 9.68. The molecule has 1 heterocycles. The fraction of sp³-hybridized carbons (Fsp3) is 0.200. The Bertz CT molecular complexity index is 1220. The van der Waals surface area contributed by atoms with Gasteiger partial charge in [0.15, 0.2) is 15.0 Å². The molecule has 0 aliphatic rings. The molecule has 0 unspecified atom stereocenters. The van der Waals surface area contributed by atoms with Crippen molar-refractivity contribution in [1.29, 1.82) is 0 Å². The van der Waals surface area contributed by atoms with Crippen molar-refractivity contribution in [3.63, 3.8) is 0 Å². The van der Waals surface area contributed by atoms with Gasteiger partial charge in [-0.3, -0.25) is 4.79 Å². The van der Waals surface area contributed by atoms with Crippen molar-refractivity contribution in [2.24, 2.45) is 7.05 Å². The van der Waals surface area contributed by atoms with Gasteiger partial charge in [0.25, 0.3) is 0 Å². The van der Waals surface area contributed by atoms with Gasteiger partial charge in [-0.25, -0.2) is 13.2 Å². The first-order chi connectivity index (χ1) is 14.7. The third-order valence-corrected chi connectivity index (χ3v) is 7.00. The quantitative estimate of drug-likeness (QED) is 0.490. The van der Waals surface area contributed by atoms with E-state index >= 15 is 0 Å². The summed E-state index contributed by atoms with van der Waals surface area (Å²) in [6.07, 6.45) is 0. The summed E-state index contributed by atoms with van der Waals surface area (Å²) >= 11 is 1.10. The lowest BCUT2D eigenvalue weighted by molar-refractivity contribution is -0.113. The van der Waals surface area contributed by atoms with Crippen molar-refractivity contribution >= 4 is 39.2 Å². The highest BCUT2D eigenvalue weighted by Crippen LogP contribution is 2.20. The number of carbonyl (C=O) groups is 2. The van der Waals surface area contributed by atoms with Crippen LogP contribution in [0.25, 0.3) is 0 Å². The van der Waals surface area contributed by atoms with Gasteiger partial charge in [-0.2, -0.15) is 0 Å². The van der Waals surface area contributed by atoms with E-state index in [1.54, 1.807) is 37.4 Å². The van der Waals surface area contributed by atoms with Crippen LogP contribution in [0.3, 0.4) is 0 Å². The summed E-state index contributed by atoms with van der Waals surface area (Å²) in [6, 6.07) is 12.5. The number of hydrogen-bond acceptors (Lipinski definition) is 7. The van der Waals surface area contributed by atoms with E-state index in [0.717, 1.165) is 17.3 Å². The van der Waals surface area contributed by atoms with Crippen molar-refractivity contribution < 1.29 is 23.1 Å². The van der Waals surface area contributed by atoms with E-state index in [1.165, 1.54) is 22.8 Å². The minimum absolute atomic E-state index is 0.00597. The molecule has 0 spiro atoms. The Kier molecular flexibility index (Phi) is 6.76. The van der Waals surface area contributed by atoms with Crippen molar-refractivity contribution in [3.8, 4) is 0 Å². The number of aryl methyl sites for hydroxylation is 1. The first-order valence-electron chi connectivity index (χ1n) is 9.09. The third kappa shape index (κ3) is 5.70. The van der Waals surface area contributed by atoms with Crippen LogP contribution in [-0.2, 0) is 27.4 Å². The Balaban J connectivity index is 1.62. The summed E-state index contributed by atoms with van der Waals surface area (Å²) < 4.78 is 26.8. The molecule has 9 nitrogen and oxygen atoms in total. The summed E-state index contributed by atoms with van der Waals surface area (Å²) in [4.78, 5) is 23.4. The van der Waals surface area contributed by atoms with Gasteiger partial charge in [0.1, 0.15) is 11.6 Å². The molecular weight excluding hydrogens is 440 g/mol. The van der Waals surface area contributed by atoms with Gasteiger partial charge in [-0.15, -0.1) is 10.2 Å². The van der Waals surface area contributed by atoms with Gasteiger partial charge in [-0.1, -0.05) is 35.5 Å². The molecule has 162 valence electrons. The topological polar surface area (TPSA) is 131 Å². The van der Waals surface area contributed by atoms with Crippen LogP contribution in [0.15, 0.2) is 58.6 Å². The number of carbonyl (C=O) groups excluding carboxylic acids is 1. The van der Waals surface area contributed by atoms with Crippen LogP contribution in [0.1, 0.15) is 21.7 Å². The van der Waals surface area contributed by atoms with E-state index in [-0.39, 0.29) is 33.7 Å². The van der Waals surface area contributed by atoms with Crippen LogP contribution >= 0.6 is 11.8 Å². The number of thioether (sulfide) groups is 1. The SMILES string of the molecule is Cc1ccc(S(=O)(=O)Cc2nnc(SCC(=O)Nc3cccc(C(=O)O)c3)n2C)cc1. The summed E-state index contributed by atoms with van der Waals surface area (Å²) in [5, 5.41) is 20.0. The molecule has 0 aliphatic carbocycles. The smallest absolute Gasteiger partial charge is 0.335 e. The number of sulfone groups is 1. The van der Waals surface area contributed by atoms with Gasteiger partial charge in [0.05, 0.1) is 16.2 Å². The van der Waals surface area contributed by atoms with E-state index in [2.05, 4.69) is 15.5 Å². The fourth-order valence-electron chi connectivity index (χ4n) is 2.65. The van der Waals surface area contributed by atoms with E-state index in [1.807, 2.05) is 6.92 Å². The second-order valence-electron chi connectivity index (χ2n) is 6.75. The molecule has 31 heavy (non-hydrogen) atoms. The van der Waals surface area contributed by atoms with Gasteiger partial charge in [-0.05, 0) is 37.3 Å². The molecule has 0 aliphatic heterocycles. The zero-order valence-corrected chi connectivity index (χ0v) is 18.4. The Morgan fingerprint density at radius 2 is 1.84 bits per heavy atom. The standard InChI is InChI=1S/C20H20N4O5S2/c1-13-6-8-16(9-7-13)31(28,29)12-17-22-23-20(24(17)2)30-11-18(25)21-15-5-3-4-14(10-15)19(26)27/h3-10H,11-12H2,1-2H3,(H,21,25)(H,26,27). The molecule has 2 aromatic carbocycles. The number of aromatic carboxylic acids is 1. The molecule has 1 amide bonds. The Hall–Kier alpha value is -3.18. The predicted octanol–water partition coefficient (Wildman–Crippen LogP) is 2.53. The van der Waals surface area contributed by atoms with Crippen LogP contribution in [0.2, 0.25) is 0 Å². The number of carboxylic acid groups (broad SMARTS) is 1. The van der Waals surface area contributed by atoms with E-state index in [9.17, 15) is 18.0 Å². The first kappa shape index (κ1) is 22.5. The fourth-order valence-corrected chi connectivity index (χ4v) is 4.69. The number of hydrogen-bond donors (Lipinski definition) is 2. The first-order valence-corrected chi connectivity index (χ1v) is 11.7. The molecule has 3 aromatic rings. The normalized spacial score (nSPS) is 11.3. The molecular formula is C20H20N4O5S2. The second kappa shape index (κ2) is 9.31. The number of carboxylic acids is 1. The maximum absolute atomic E-state index is 12.6. The Morgan fingerprint density at radius 1 is 1.13 bits per heavy atom. The number of rotatable bonds is 8.